The molecule has 0 saturated carbocycles. The zero-order chi connectivity index (χ0) is 19.0. The number of aromatic nitrogens is 1. The van der Waals surface area contributed by atoms with Crippen LogP contribution in [0.4, 0.5) is 5.69 Å². The quantitative estimate of drug-likeness (QED) is 0.608. The fraction of sp³-hybridized carbons (Fsp3) is 0.111. The van der Waals surface area contributed by atoms with Crippen LogP contribution in [0.15, 0.2) is 56.5 Å². The summed E-state index contributed by atoms with van der Waals surface area (Å²) in [7, 11) is 0. The van der Waals surface area contributed by atoms with Gasteiger partial charge in [-0.15, -0.1) is 11.3 Å². The minimum atomic E-state index is -0.922. The number of carbonyl (C=O) groups is 3. The average Bonchev–Trinajstić information content (AvgIpc) is 3.33. The summed E-state index contributed by atoms with van der Waals surface area (Å²) in [4.78, 5) is 44.3. The molecule has 1 amide bonds. The maximum absolute atomic E-state index is 13.2. The number of hydrogen-bond acceptors (Lipinski definition) is 8. The minimum absolute atomic E-state index is 0.129. The van der Waals surface area contributed by atoms with Crippen LogP contribution in [-0.4, -0.2) is 29.0 Å². The van der Waals surface area contributed by atoms with E-state index in [0.29, 0.717) is 20.5 Å². The second kappa shape index (κ2) is 7.34. The summed E-state index contributed by atoms with van der Waals surface area (Å²) in [5.41, 5.74) is 6.71. The van der Waals surface area contributed by atoms with E-state index in [9.17, 15) is 14.4 Å². The first-order chi connectivity index (χ1) is 13.1. The number of thiazole rings is 1. The third-order valence-corrected chi connectivity index (χ3v) is 7.11. The van der Waals surface area contributed by atoms with Crippen molar-refractivity contribution < 1.29 is 14.4 Å². The van der Waals surface area contributed by atoms with E-state index in [-0.39, 0.29) is 23.7 Å². The lowest BCUT2D eigenvalue weighted by Crippen LogP contribution is -2.40. The third kappa shape index (κ3) is 3.22. The molecule has 0 spiro atoms. The highest BCUT2D eigenvalue weighted by molar-refractivity contribution is 8.27. The van der Waals surface area contributed by atoms with E-state index in [1.165, 1.54) is 34.9 Å². The zero-order valence-electron chi connectivity index (χ0n) is 13.8. The number of thioether (sulfide) groups is 2. The van der Waals surface area contributed by atoms with E-state index in [2.05, 4.69) is 4.98 Å². The van der Waals surface area contributed by atoms with Crippen molar-refractivity contribution in [1.82, 2.24) is 4.98 Å². The monoisotopic (exact) mass is 415 g/mol. The molecule has 2 N–H and O–H groups in total. The van der Waals surface area contributed by atoms with Gasteiger partial charge in [0.25, 0.3) is 0 Å². The molecule has 6 nitrogen and oxygen atoms in total. The number of rotatable bonds is 3. The molecule has 2 aliphatic heterocycles. The molecule has 1 aromatic carbocycles. The second-order valence-electron chi connectivity index (χ2n) is 5.74. The first-order valence-corrected chi connectivity index (χ1v) is 10.6. The van der Waals surface area contributed by atoms with Crippen LogP contribution in [-0.2, 0) is 9.59 Å². The van der Waals surface area contributed by atoms with Gasteiger partial charge >= 0.3 is 0 Å². The molecule has 3 heterocycles. The van der Waals surface area contributed by atoms with Gasteiger partial charge in [-0.25, -0.2) is 4.98 Å². The molecular formula is C18H13N3O3S3. The molecule has 9 heteroatoms. The normalized spacial score (nSPS) is 17.9. The molecule has 1 aromatic heterocycles. The van der Waals surface area contributed by atoms with Crippen LogP contribution >= 0.6 is 34.9 Å². The number of benzene rings is 1. The van der Waals surface area contributed by atoms with E-state index in [0.717, 1.165) is 0 Å². The number of para-hydroxylation sites is 1. The number of Topliss-reactive ketones (excluding diaryl/α,β-unsaturated/α-hetero) is 2. The fourth-order valence-corrected chi connectivity index (χ4v) is 5.69. The van der Waals surface area contributed by atoms with Crippen molar-refractivity contribution in [3.8, 4) is 0 Å². The number of nitrogens with two attached hydrogens (primary N) is 1. The Labute approximate surface area is 167 Å². The Balaban J connectivity index is 1.89. The molecule has 27 heavy (non-hydrogen) atoms. The van der Waals surface area contributed by atoms with Gasteiger partial charge in [0, 0.05) is 22.8 Å². The number of hydrogen-bond donors (Lipinski definition) is 1. The molecule has 0 aliphatic carbocycles. The lowest BCUT2D eigenvalue weighted by Gasteiger charge is -2.29. The third-order valence-electron chi connectivity index (χ3n) is 4.15. The summed E-state index contributed by atoms with van der Waals surface area (Å²) in [6, 6.07) is 5.98. The number of primary amides is 1. The predicted octanol–water partition coefficient (Wildman–Crippen LogP) is 3.10. The summed E-state index contributed by atoms with van der Waals surface area (Å²) < 4.78 is 0.659. The van der Waals surface area contributed by atoms with E-state index in [4.69, 9.17) is 5.73 Å². The summed E-state index contributed by atoms with van der Waals surface area (Å²) in [5.74, 6) is -1.29. The SMILES string of the molecule is NC(=O)C(c1nccs1)N1CC(=O)C(=C2SC=CS2)C(=O)c2ccccc21. The molecule has 1 atom stereocenters. The number of anilines is 1. The van der Waals surface area contributed by atoms with Gasteiger partial charge in [0.15, 0.2) is 17.6 Å². The standard InChI is InChI=1S/C18H13N3O3S3/c19-16(24)14(17-20-5-6-25-17)21-9-12(22)13(18-26-7-8-27-18)15(23)10-3-1-2-4-11(10)21/h1-8,14H,9H2,(H2,19,24). The molecule has 1 unspecified atom stereocenters. The van der Waals surface area contributed by atoms with Crippen molar-refractivity contribution in [2.45, 2.75) is 6.04 Å². The second-order valence-corrected chi connectivity index (χ2v) is 8.76. The maximum Gasteiger partial charge on any atom is 0.247 e. The van der Waals surface area contributed by atoms with Gasteiger partial charge in [-0.3, -0.25) is 14.4 Å². The van der Waals surface area contributed by atoms with Crippen molar-refractivity contribution in [3.63, 3.8) is 0 Å². The van der Waals surface area contributed by atoms with Gasteiger partial charge in [-0.1, -0.05) is 35.7 Å². The average molecular weight is 416 g/mol. The zero-order valence-corrected chi connectivity index (χ0v) is 16.3. The van der Waals surface area contributed by atoms with Gasteiger partial charge in [0.05, 0.1) is 16.4 Å². The number of nitrogens with zero attached hydrogens (tertiary/aromatic N) is 2. The number of carbonyl (C=O) groups excluding carboxylic acids is 3. The Morgan fingerprint density at radius 2 is 1.93 bits per heavy atom. The Kier molecular flexibility index (Phi) is 4.90. The van der Waals surface area contributed by atoms with Gasteiger partial charge < -0.3 is 10.6 Å². The van der Waals surface area contributed by atoms with Crippen molar-refractivity contribution in [2.24, 2.45) is 5.73 Å². The molecule has 0 bridgehead atoms. The lowest BCUT2D eigenvalue weighted by atomic mass is 10.0. The van der Waals surface area contributed by atoms with Crippen molar-refractivity contribution in [2.75, 3.05) is 11.4 Å². The van der Waals surface area contributed by atoms with E-state index in [1.807, 2.05) is 10.8 Å². The summed E-state index contributed by atoms with van der Waals surface area (Å²) in [6.45, 7) is -0.129. The Hall–Kier alpha value is -2.36. The Morgan fingerprint density at radius 1 is 1.19 bits per heavy atom. The molecule has 0 fully saturated rings. The molecule has 0 saturated heterocycles. The van der Waals surface area contributed by atoms with Crippen molar-refractivity contribution in [1.29, 1.82) is 0 Å². The first-order valence-electron chi connectivity index (χ1n) is 7.93. The van der Waals surface area contributed by atoms with Crippen LogP contribution in [0, 0.1) is 0 Å². The van der Waals surface area contributed by atoms with Gasteiger partial charge in [0.1, 0.15) is 5.01 Å². The van der Waals surface area contributed by atoms with Gasteiger partial charge in [0.2, 0.25) is 5.91 Å². The number of amides is 1. The smallest absolute Gasteiger partial charge is 0.247 e. The number of ketones is 2. The van der Waals surface area contributed by atoms with Crippen LogP contribution in [0.3, 0.4) is 0 Å². The van der Waals surface area contributed by atoms with Crippen LogP contribution < -0.4 is 10.6 Å². The number of fused-ring (bicyclic) bond motifs is 1. The summed E-state index contributed by atoms with van der Waals surface area (Å²) in [5, 5.41) is 5.90. The maximum atomic E-state index is 13.2. The molecule has 0 radical (unpaired) electrons. The lowest BCUT2D eigenvalue weighted by molar-refractivity contribution is -0.119. The van der Waals surface area contributed by atoms with Gasteiger partial charge in [-0.05, 0) is 22.9 Å². The highest BCUT2D eigenvalue weighted by Gasteiger charge is 2.38. The van der Waals surface area contributed by atoms with E-state index >= 15 is 0 Å². The topological polar surface area (TPSA) is 93.4 Å². The molecule has 136 valence electrons. The first kappa shape index (κ1) is 18.0. The minimum Gasteiger partial charge on any atom is -0.367 e. The highest BCUT2D eigenvalue weighted by Crippen LogP contribution is 2.43. The molecule has 2 aromatic rings. The summed E-state index contributed by atoms with van der Waals surface area (Å²) in [6.07, 6.45) is 1.58. The van der Waals surface area contributed by atoms with Crippen LogP contribution in [0.1, 0.15) is 21.4 Å². The highest BCUT2D eigenvalue weighted by atomic mass is 32.2. The summed E-state index contributed by atoms with van der Waals surface area (Å²) >= 11 is 3.99. The van der Waals surface area contributed by atoms with Crippen LogP contribution in [0.5, 0.6) is 0 Å². The van der Waals surface area contributed by atoms with Crippen LogP contribution in [0.25, 0.3) is 0 Å². The van der Waals surface area contributed by atoms with E-state index < -0.39 is 11.9 Å². The Morgan fingerprint density at radius 3 is 2.59 bits per heavy atom. The largest absolute Gasteiger partial charge is 0.367 e. The van der Waals surface area contributed by atoms with Crippen molar-refractivity contribution in [3.05, 3.63) is 67.0 Å². The Bertz CT molecular complexity index is 988. The fourth-order valence-electron chi connectivity index (χ4n) is 3.04. The molecule has 2 aliphatic rings. The van der Waals surface area contributed by atoms with E-state index in [1.54, 1.807) is 40.7 Å². The molecule has 4 rings (SSSR count). The van der Waals surface area contributed by atoms with Gasteiger partial charge in [-0.2, -0.15) is 0 Å². The van der Waals surface area contributed by atoms with Crippen molar-refractivity contribution >= 4 is 58.0 Å². The predicted molar refractivity (Wildman–Crippen MR) is 109 cm³/mol. The van der Waals surface area contributed by atoms with Crippen LogP contribution in [0.2, 0.25) is 0 Å². The molecular weight excluding hydrogens is 402 g/mol.